The molecule has 0 aliphatic carbocycles. The highest BCUT2D eigenvalue weighted by atomic mass is 79.9. The first-order valence-electron chi connectivity index (χ1n) is 5.49. The molecule has 4 heteroatoms. The maximum absolute atomic E-state index is 6.28. The van der Waals surface area contributed by atoms with Gasteiger partial charge in [-0.1, -0.05) is 18.2 Å². The van der Waals surface area contributed by atoms with E-state index in [1.807, 2.05) is 29.6 Å². The van der Waals surface area contributed by atoms with E-state index in [0.29, 0.717) is 0 Å². The topological polar surface area (TPSA) is 35.2 Å². The first kappa shape index (κ1) is 11.3. The van der Waals surface area contributed by atoms with Crippen molar-refractivity contribution in [2.24, 2.45) is 5.73 Å². The zero-order valence-electron chi connectivity index (χ0n) is 9.10. The monoisotopic (exact) mass is 309 g/mol. The molecule has 17 heavy (non-hydrogen) atoms. The highest BCUT2D eigenvalue weighted by molar-refractivity contribution is 9.10. The fourth-order valence-corrected chi connectivity index (χ4v) is 3.81. The molecule has 1 aromatic carbocycles. The van der Waals surface area contributed by atoms with Crippen molar-refractivity contribution in [1.29, 1.82) is 0 Å². The van der Waals surface area contributed by atoms with E-state index in [1.54, 1.807) is 11.3 Å². The summed E-state index contributed by atoms with van der Waals surface area (Å²) in [6.07, 6.45) is 0.934. The normalized spacial score (nSPS) is 19.8. The first-order chi connectivity index (χ1) is 8.25. The average Bonchev–Trinajstić information content (AvgIpc) is 2.93. The Morgan fingerprint density at radius 1 is 1.35 bits per heavy atom. The molecular formula is C13H12BrNOS. The third-order valence-corrected chi connectivity index (χ3v) is 4.99. The van der Waals surface area contributed by atoms with E-state index in [-0.39, 0.29) is 12.1 Å². The van der Waals surface area contributed by atoms with Gasteiger partial charge in [-0.3, -0.25) is 0 Å². The summed E-state index contributed by atoms with van der Waals surface area (Å²) in [5, 5.41) is 2.04. The van der Waals surface area contributed by atoms with Gasteiger partial charge in [0.1, 0.15) is 11.9 Å². The van der Waals surface area contributed by atoms with Gasteiger partial charge >= 0.3 is 0 Å². The van der Waals surface area contributed by atoms with E-state index in [1.165, 1.54) is 5.56 Å². The second-order valence-electron chi connectivity index (χ2n) is 4.13. The van der Waals surface area contributed by atoms with Gasteiger partial charge in [0.25, 0.3) is 0 Å². The lowest BCUT2D eigenvalue weighted by molar-refractivity contribution is 0.201. The van der Waals surface area contributed by atoms with Crippen molar-refractivity contribution in [3.05, 3.63) is 50.6 Å². The molecule has 2 atom stereocenters. The maximum Gasteiger partial charge on any atom is 0.123 e. The SMILES string of the molecule is NC(c1sccc1Br)C1Cc2ccccc2O1. The Labute approximate surface area is 113 Å². The van der Waals surface area contributed by atoms with E-state index in [0.717, 1.165) is 21.5 Å². The molecule has 2 N–H and O–H groups in total. The minimum absolute atomic E-state index is 0.0438. The van der Waals surface area contributed by atoms with Crippen molar-refractivity contribution in [3.8, 4) is 5.75 Å². The molecule has 2 heterocycles. The summed E-state index contributed by atoms with van der Waals surface area (Å²) >= 11 is 5.20. The van der Waals surface area contributed by atoms with Gasteiger partial charge in [-0.2, -0.15) is 0 Å². The van der Waals surface area contributed by atoms with Crippen molar-refractivity contribution >= 4 is 27.3 Å². The van der Waals surface area contributed by atoms with E-state index in [2.05, 4.69) is 22.0 Å². The lowest BCUT2D eigenvalue weighted by Crippen LogP contribution is -2.29. The fourth-order valence-electron chi connectivity index (χ4n) is 2.12. The van der Waals surface area contributed by atoms with Crippen molar-refractivity contribution in [3.63, 3.8) is 0 Å². The van der Waals surface area contributed by atoms with Crippen molar-refractivity contribution in [2.75, 3.05) is 0 Å². The summed E-state index contributed by atoms with van der Waals surface area (Å²) < 4.78 is 6.99. The number of rotatable bonds is 2. The average molecular weight is 310 g/mol. The van der Waals surface area contributed by atoms with Crippen LogP contribution in [0.4, 0.5) is 0 Å². The summed E-state index contributed by atoms with van der Waals surface area (Å²) in [5.41, 5.74) is 7.53. The number of hydrogen-bond acceptors (Lipinski definition) is 3. The molecule has 0 amide bonds. The third-order valence-electron chi connectivity index (χ3n) is 3.02. The molecule has 0 fully saturated rings. The summed E-state index contributed by atoms with van der Waals surface area (Å²) in [4.78, 5) is 1.16. The zero-order valence-corrected chi connectivity index (χ0v) is 11.5. The third kappa shape index (κ3) is 2.01. The predicted octanol–water partition coefficient (Wildman–Crippen LogP) is 3.51. The lowest BCUT2D eigenvalue weighted by atomic mass is 10.0. The quantitative estimate of drug-likeness (QED) is 0.921. The summed E-state index contributed by atoms with van der Waals surface area (Å²) in [7, 11) is 0. The van der Waals surface area contributed by atoms with Crippen LogP contribution >= 0.6 is 27.3 Å². The van der Waals surface area contributed by atoms with Crippen LogP contribution in [-0.2, 0) is 6.42 Å². The van der Waals surface area contributed by atoms with Gasteiger partial charge in [0.05, 0.1) is 6.04 Å². The Kier molecular flexibility index (Phi) is 2.94. The van der Waals surface area contributed by atoms with Crippen LogP contribution in [0.2, 0.25) is 0 Å². The zero-order chi connectivity index (χ0) is 11.8. The predicted molar refractivity (Wildman–Crippen MR) is 73.5 cm³/mol. The molecule has 88 valence electrons. The molecule has 1 aliphatic heterocycles. The van der Waals surface area contributed by atoms with Gasteiger partial charge in [0.15, 0.2) is 0 Å². The van der Waals surface area contributed by atoms with Crippen LogP contribution < -0.4 is 10.5 Å². The molecule has 0 spiro atoms. The van der Waals surface area contributed by atoms with Crippen molar-refractivity contribution in [2.45, 2.75) is 18.6 Å². The number of benzene rings is 1. The lowest BCUT2D eigenvalue weighted by Gasteiger charge is -2.18. The van der Waals surface area contributed by atoms with E-state index in [4.69, 9.17) is 10.5 Å². The molecule has 0 bridgehead atoms. The van der Waals surface area contributed by atoms with Crippen LogP contribution in [0.5, 0.6) is 5.75 Å². The second-order valence-corrected chi connectivity index (χ2v) is 5.93. The molecule has 2 unspecified atom stereocenters. The Balaban J connectivity index is 1.83. The van der Waals surface area contributed by atoms with Crippen LogP contribution in [0.3, 0.4) is 0 Å². The molecule has 1 aromatic heterocycles. The fraction of sp³-hybridized carbons (Fsp3) is 0.231. The van der Waals surface area contributed by atoms with Crippen molar-refractivity contribution in [1.82, 2.24) is 0 Å². The second kappa shape index (κ2) is 4.44. The van der Waals surface area contributed by atoms with Crippen LogP contribution in [0.1, 0.15) is 16.5 Å². The number of halogens is 1. The van der Waals surface area contributed by atoms with Gasteiger partial charge in [-0.25, -0.2) is 0 Å². The Hall–Kier alpha value is -0.840. The summed E-state index contributed by atoms with van der Waals surface area (Å²) in [6.45, 7) is 0. The van der Waals surface area contributed by atoms with Crippen LogP contribution in [0.15, 0.2) is 40.2 Å². The number of fused-ring (bicyclic) bond motifs is 1. The van der Waals surface area contributed by atoms with Crippen LogP contribution in [0, 0.1) is 0 Å². The van der Waals surface area contributed by atoms with Gasteiger partial charge in [-0.05, 0) is 39.0 Å². The number of thiophene rings is 1. The van der Waals surface area contributed by atoms with Crippen LogP contribution in [-0.4, -0.2) is 6.10 Å². The molecule has 0 radical (unpaired) electrons. The highest BCUT2D eigenvalue weighted by Gasteiger charge is 2.30. The standard InChI is InChI=1S/C13H12BrNOS/c14-9-5-6-17-13(9)12(15)11-7-8-3-1-2-4-10(8)16-11/h1-6,11-12H,7,15H2. The molecular weight excluding hydrogens is 298 g/mol. The van der Waals surface area contributed by atoms with E-state index < -0.39 is 0 Å². The highest BCUT2D eigenvalue weighted by Crippen LogP contribution is 2.36. The summed E-state index contributed by atoms with van der Waals surface area (Å²) in [5.74, 6) is 0.973. The number of nitrogens with two attached hydrogens (primary N) is 1. The molecule has 3 rings (SSSR count). The molecule has 2 nitrogen and oxygen atoms in total. The summed E-state index contributed by atoms with van der Waals surface area (Å²) in [6, 6.07) is 10.1. The largest absolute Gasteiger partial charge is 0.488 e. The minimum atomic E-state index is -0.0724. The molecule has 2 aromatic rings. The number of para-hydroxylation sites is 1. The van der Waals surface area contributed by atoms with Crippen molar-refractivity contribution < 1.29 is 4.74 Å². The first-order valence-corrected chi connectivity index (χ1v) is 7.16. The molecule has 0 saturated heterocycles. The Morgan fingerprint density at radius 3 is 2.88 bits per heavy atom. The van der Waals surface area contributed by atoms with E-state index >= 15 is 0 Å². The minimum Gasteiger partial charge on any atom is -0.488 e. The maximum atomic E-state index is 6.28. The Morgan fingerprint density at radius 2 is 2.18 bits per heavy atom. The van der Waals surface area contributed by atoms with Gasteiger partial charge < -0.3 is 10.5 Å². The van der Waals surface area contributed by atoms with Gasteiger partial charge in [0.2, 0.25) is 0 Å². The molecule has 1 aliphatic rings. The molecule has 0 saturated carbocycles. The van der Waals surface area contributed by atoms with Crippen LogP contribution in [0.25, 0.3) is 0 Å². The van der Waals surface area contributed by atoms with E-state index in [9.17, 15) is 0 Å². The Bertz CT molecular complexity index is 515. The number of hydrogen-bond donors (Lipinski definition) is 1. The van der Waals surface area contributed by atoms with Gasteiger partial charge in [-0.15, -0.1) is 11.3 Å². The van der Waals surface area contributed by atoms with Gasteiger partial charge in [0, 0.05) is 15.8 Å². The smallest absolute Gasteiger partial charge is 0.123 e. The number of ether oxygens (including phenoxy) is 1.